The van der Waals surface area contributed by atoms with Gasteiger partial charge in [0.05, 0.1) is 5.69 Å². The highest BCUT2D eigenvalue weighted by Crippen LogP contribution is 2.21. The van der Waals surface area contributed by atoms with E-state index < -0.39 is 0 Å². The van der Waals surface area contributed by atoms with E-state index in [1.54, 1.807) is 11.0 Å². The highest BCUT2D eigenvalue weighted by atomic mass is 33.1. The fraction of sp³-hybridized carbons (Fsp3) is 0. The Hall–Kier alpha value is -1.01. The number of hydrogen-bond donors (Lipinski definition) is 1. The van der Waals surface area contributed by atoms with Crippen LogP contribution in [0, 0.1) is 0 Å². The van der Waals surface area contributed by atoms with E-state index in [4.69, 9.17) is 0 Å². The topological polar surface area (TPSA) is 43.6 Å². The van der Waals surface area contributed by atoms with E-state index in [-0.39, 0.29) is 0 Å². The normalized spacial score (nSPS) is 10.2. The van der Waals surface area contributed by atoms with Crippen LogP contribution in [0.25, 0.3) is 5.69 Å². The molecule has 0 amide bonds. The van der Waals surface area contributed by atoms with E-state index in [2.05, 4.69) is 27.2 Å². The molecule has 2 rings (SSSR count). The van der Waals surface area contributed by atoms with Gasteiger partial charge >= 0.3 is 0 Å². The van der Waals surface area contributed by atoms with Crippen LogP contribution in [0.1, 0.15) is 0 Å². The van der Waals surface area contributed by atoms with Gasteiger partial charge in [0.25, 0.3) is 0 Å². The van der Waals surface area contributed by atoms with Crippen molar-refractivity contribution in [2.45, 2.75) is 4.90 Å². The summed E-state index contributed by atoms with van der Waals surface area (Å²) in [5.41, 5.74) is 0.941. The highest BCUT2D eigenvalue weighted by Gasteiger charge is 1.96. The van der Waals surface area contributed by atoms with Gasteiger partial charge in [-0.1, -0.05) is 10.8 Å². The molecular formula is C7H6N4S2. The van der Waals surface area contributed by atoms with E-state index in [9.17, 15) is 0 Å². The minimum atomic E-state index is 0.941. The molecule has 0 atom stereocenters. The number of thiol groups is 1. The van der Waals surface area contributed by atoms with Gasteiger partial charge in [0.1, 0.15) is 6.33 Å². The summed E-state index contributed by atoms with van der Waals surface area (Å²) >= 11 is 4.09. The molecule has 0 saturated heterocycles. The van der Waals surface area contributed by atoms with Crippen molar-refractivity contribution < 1.29 is 0 Å². The first-order valence-electron chi connectivity index (χ1n) is 3.55. The Morgan fingerprint density at radius 1 is 1.23 bits per heavy atom. The van der Waals surface area contributed by atoms with Gasteiger partial charge in [0.2, 0.25) is 0 Å². The number of rotatable bonds is 2. The number of nitrogens with zero attached hydrogens (tertiary/aromatic N) is 4. The van der Waals surface area contributed by atoms with Crippen LogP contribution in [0.5, 0.6) is 0 Å². The lowest BCUT2D eigenvalue weighted by atomic mass is 10.3. The van der Waals surface area contributed by atoms with Gasteiger partial charge in [0.15, 0.2) is 0 Å². The third-order valence-corrected chi connectivity index (χ3v) is 2.67. The summed E-state index contributed by atoms with van der Waals surface area (Å²) in [7, 11) is 1.41. The van der Waals surface area contributed by atoms with Crippen LogP contribution in [0.3, 0.4) is 0 Å². The third kappa shape index (κ3) is 1.84. The Morgan fingerprint density at radius 2 is 2.00 bits per heavy atom. The van der Waals surface area contributed by atoms with Gasteiger partial charge in [-0.3, -0.25) is 0 Å². The predicted molar refractivity (Wildman–Crippen MR) is 54.0 cm³/mol. The van der Waals surface area contributed by atoms with Crippen molar-refractivity contribution in [2.75, 3.05) is 0 Å². The van der Waals surface area contributed by atoms with Crippen molar-refractivity contribution in [2.24, 2.45) is 0 Å². The Labute approximate surface area is 84.2 Å². The van der Waals surface area contributed by atoms with Gasteiger partial charge < -0.3 is 0 Å². The van der Waals surface area contributed by atoms with Crippen LogP contribution in [0.15, 0.2) is 35.5 Å². The molecule has 66 valence electrons. The van der Waals surface area contributed by atoms with E-state index in [0.29, 0.717) is 0 Å². The number of hydrogen-bond acceptors (Lipinski definition) is 5. The summed E-state index contributed by atoms with van der Waals surface area (Å²) in [5.74, 6) is 0. The molecule has 0 bridgehead atoms. The van der Waals surface area contributed by atoms with Gasteiger partial charge in [0, 0.05) is 4.90 Å². The second-order valence-electron chi connectivity index (χ2n) is 2.34. The minimum absolute atomic E-state index is 0.941. The quantitative estimate of drug-likeness (QED) is 0.604. The third-order valence-electron chi connectivity index (χ3n) is 1.56. The monoisotopic (exact) mass is 210 g/mol. The van der Waals surface area contributed by atoms with Gasteiger partial charge in [-0.2, -0.15) is 0 Å². The lowest BCUT2D eigenvalue weighted by Crippen LogP contribution is -1.93. The van der Waals surface area contributed by atoms with Crippen LogP contribution >= 0.6 is 22.5 Å². The SMILES string of the molecule is SSc1ccc(-n2cnnn2)cc1. The first-order valence-corrected chi connectivity index (χ1v) is 5.42. The van der Waals surface area contributed by atoms with Crippen LogP contribution in [-0.2, 0) is 0 Å². The average Bonchev–Trinajstić information content (AvgIpc) is 2.71. The van der Waals surface area contributed by atoms with Crippen LogP contribution in [0.2, 0.25) is 0 Å². The fourth-order valence-electron chi connectivity index (χ4n) is 0.939. The van der Waals surface area contributed by atoms with E-state index in [1.165, 1.54) is 10.8 Å². The molecule has 0 aliphatic heterocycles. The zero-order chi connectivity index (χ0) is 9.10. The fourth-order valence-corrected chi connectivity index (χ4v) is 1.56. The maximum Gasteiger partial charge on any atom is 0.143 e. The van der Waals surface area contributed by atoms with Crippen molar-refractivity contribution in [1.29, 1.82) is 0 Å². The summed E-state index contributed by atoms with van der Waals surface area (Å²) in [6.07, 6.45) is 1.56. The van der Waals surface area contributed by atoms with Gasteiger partial charge in [-0.25, -0.2) is 4.68 Å². The molecule has 1 aromatic heterocycles. The number of tetrazole rings is 1. The molecule has 4 nitrogen and oxygen atoms in total. The summed E-state index contributed by atoms with van der Waals surface area (Å²) in [4.78, 5) is 1.10. The Kier molecular flexibility index (Phi) is 2.51. The van der Waals surface area contributed by atoms with Crippen molar-refractivity contribution in [3.63, 3.8) is 0 Å². The summed E-state index contributed by atoms with van der Waals surface area (Å²) in [6.45, 7) is 0. The molecule has 6 heteroatoms. The molecule has 1 heterocycles. The predicted octanol–water partition coefficient (Wildman–Crippen LogP) is 1.60. The Balaban J connectivity index is 2.33. The Bertz CT molecular complexity index is 370. The maximum absolute atomic E-state index is 4.09. The molecule has 0 N–H and O–H groups in total. The average molecular weight is 210 g/mol. The molecule has 0 radical (unpaired) electrons. The number of benzene rings is 1. The summed E-state index contributed by atoms with van der Waals surface area (Å²) < 4.78 is 1.60. The maximum atomic E-state index is 4.09. The van der Waals surface area contributed by atoms with Crippen molar-refractivity contribution in [3.05, 3.63) is 30.6 Å². The largest absolute Gasteiger partial charge is 0.201 e. The zero-order valence-electron chi connectivity index (χ0n) is 6.53. The first-order chi connectivity index (χ1) is 6.40. The van der Waals surface area contributed by atoms with Crippen molar-refractivity contribution in [1.82, 2.24) is 20.2 Å². The smallest absolute Gasteiger partial charge is 0.143 e. The summed E-state index contributed by atoms with van der Waals surface area (Å²) in [6, 6.07) is 7.81. The lowest BCUT2D eigenvalue weighted by Gasteiger charge is -1.99. The Morgan fingerprint density at radius 3 is 2.54 bits per heavy atom. The van der Waals surface area contributed by atoms with Crippen LogP contribution in [-0.4, -0.2) is 20.2 Å². The van der Waals surface area contributed by atoms with Gasteiger partial charge in [-0.05, 0) is 34.7 Å². The van der Waals surface area contributed by atoms with Gasteiger partial charge in [-0.15, -0.1) is 16.8 Å². The second-order valence-corrected chi connectivity index (χ2v) is 3.54. The van der Waals surface area contributed by atoms with Crippen molar-refractivity contribution in [3.8, 4) is 5.69 Å². The molecule has 0 saturated carbocycles. The van der Waals surface area contributed by atoms with Crippen LogP contribution < -0.4 is 0 Å². The molecule has 13 heavy (non-hydrogen) atoms. The molecule has 2 aromatic rings. The molecule has 0 spiro atoms. The summed E-state index contributed by atoms with van der Waals surface area (Å²) in [5, 5.41) is 10.9. The molecule has 0 aliphatic carbocycles. The van der Waals surface area contributed by atoms with Crippen molar-refractivity contribution >= 4 is 22.5 Å². The van der Waals surface area contributed by atoms with E-state index >= 15 is 0 Å². The molecule has 1 aromatic carbocycles. The molecular weight excluding hydrogens is 204 g/mol. The van der Waals surface area contributed by atoms with E-state index in [1.807, 2.05) is 24.3 Å². The lowest BCUT2D eigenvalue weighted by molar-refractivity contribution is 0.788. The number of aromatic nitrogens is 4. The van der Waals surface area contributed by atoms with Crippen LogP contribution in [0.4, 0.5) is 0 Å². The zero-order valence-corrected chi connectivity index (χ0v) is 8.24. The highest BCUT2D eigenvalue weighted by molar-refractivity contribution is 8.68. The molecule has 0 fully saturated rings. The molecule has 0 unspecified atom stereocenters. The minimum Gasteiger partial charge on any atom is -0.201 e. The first kappa shape index (κ1) is 8.58. The van der Waals surface area contributed by atoms with E-state index in [0.717, 1.165) is 10.6 Å². The second kappa shape index (κ2) is 3.80. The molecule has 0 aliphatic rings. The standard InChI is InChI=1S/C7H6N4S2/c12-13-7-3-1-6(2-4-7)11-5-8-9-10-11/h1-5,12H.